The molecule has 0 aliphatic carbocycles. The van der Waals surface area contributed by atoms with Crippen LogP contribution in [0, 0.1) is 0 Å². The fourth-order valence-electron chi connectivity index (χ4n) is 2.37. The molecule has 27 heavy (non-hydrogen) atoms. The molecule has 0 aromatic rings. The van der Waals surface area contributed by atoms with Crippen LogP contribution in [0.15, 0.2) is 48.6 Å². The molecule has 1 unspecified atom stereocenters. The number of methoxy groups -OCH3 is 1. The van der Waals surface area contributed by atoms with Crippen molar-refractivity contribution in [2.75, 3.05) is 7.11 Å². The molecule has 0 rings (SSSR count). The van der Waals surface area contributed by atoms with E-state index in [0.717, 1.165) is 25.7 Å². The van der Waals surface area contributed by atoms with E-state index in [0.29, 0.717) is 12.8 Å². The second-order valence-corrected chi connectivity index (χ2v) is 6.85. The molecule has 0 aliphatic rings. The van der Waals surface area contributed by atoms with Gasteiger partial charge in [0.1, 0.15) is 0 Å². The van der Waals surface area contributed by atoms with Gasteiger partial charge in [-0.15, -0.1) is 0 Å². The van der Waals surface area contributed by atoms with Crippen molar-refractivity contribution in [1.82, 2.24) is 0 Å². The maximum Gasteiger partial charge on any atom is 0.305 e. The Labute approximate surface area is 163 Å². The first-order valence-electron chi connectivity index (χ1n) is 9.67. The van der Waals surface area contributed by atoms with Crippen molar-refractivity contribution in [3.8, 4) is 0 Å². The summed E-state index contributed by atoms with van der Waals surface area (Å²) in [6.45, 7) is 3.95. The van der Waals surface area contributed by atoms with Crippen LogP contribution in [0.3, 0.4) is 0 Å². The average molecular weight is 381 g/mol. The molecule has 0 aromatic carbocycles. The minimum absolute atomic E-state index is 0.230. The van der Waals surface area contributed by atoms with Gasteiger partial charge in [0.2, 0.25) is 0 Å². The minimum atomic E-state index is -0.977. The van der Waals surface area contributed by atoms with Crippen molar-refractivity contribution in [3.63, 3.8) is 0 Å². The van der Waals surface area contributed by atoms with Gasteiger partial charge in [0.25, 0.3) is 0 Å². The summed E-state index contributed by atoms with van der Waals surface area (Å²) < 4.78 is 4.52. The number of rotatable bonds is 14. The van der Waals surface area contributed by atoms with E-state index in [1.807, 2.05) is 25.2 Å². The number of aliphatic hydroxyl groups is 3. The lowest BCUT2D eigenvalue weighted by Gasteiger charge is -2.18. The molecule has 3 N–H and O–H groups in total. The van der Waals surface area contributed by atoms with Gasteiger partial charge in [0, 0.05) is 6.42 Å². The zero-order valence-electron chi connectivity index (χ0n) is 16.9. The quantitative estimate of drug-likeness (QED) is 0.243. The number of allylic oxidation sites excluding steroid dienone is 6. The highest BCUT2D eigenvalue weighted by Crippen LogP contribution is 2.16. The van der Waals surface area contributed by atoms with Gasteiger partial charge in [-0.2, -0.15) is 0 Å². The van der Waals surface area contributed by atoms with Crippen molar-refractivity contribution < 1.29 is 24.9 Å². The lowest BCUT2D eigenvalue weighted by atomic mass is 9.98. The summed E-state index contributed by atoms with van der Waals surface area (Å²) in [7, 11) is 1.32. The summed E-state index contributed by atoms with van der Waals surface area (Å²) in [6.07, 6.45) is 17.1. The van der Waals surface area contributed by atoms with Gasteiger partial charge >= 0.3 is 5.97 Å². The molecule has 3 atom stereocenters. The number of unbranched alkanes of at least 4 members (excludes halogenated alkanes) is 2. The molecule has 0 fully saturated rings. The van der Waals surface area contributed by atoms with Crippen LogP contribution < -0.4 is 0 Å². The highest BCUT2D eigenvalue weighted by atomic mass is 16.5. The highest BCUT2D eigenvalue weighted by molar-refractivity contribution is 5.68. The van der Waals surface area contributed by atoms with E-state index in [-0.39, 0.29) is 12.4 Å². The molecule has 0 saturated carbocycles. The molecule has 0 saturated heterocycles. The molecule has 0 heterocycles. The zero-order valence-corrected chi connectivity index (χ0v) is 16.9. The van der Waals surface area contributed by atoms with Gasteiger partial charge in [-0.05, 0) is 26.2 Å². The minimum Gasteiger partial charge on any atom is -0.469 e. The Hall–Kier alpha value is -1.69. The fourth-order valence-corrected chi connectivity index (χ4v) is 2.37. The van der Waals surface area contributed by atoms with Gasteiger partial charge in [0.05, 0.1) is 24.9 Å². The number of carbonyl (C=O) groups excluding carboxylic acids is 1. The van der Waals surface area contributed by atoms with Crippen LogP contribution in [0.2, 0.25) is 0 Å². The Morgan fingerprint density at radius 1 is 1.04 bits per heavy atom. The van der Waals surface area contributed by atoms with Crippen LogP contribution in [0.25, 0.3) is 0 Å². The largest absolute Gasteiger partial charge is 0.469 e. The summed E-state index contributed by atoms with van der Waals surface area (Å²) in [6, 6.07) is 0. The molecular formula is C22H36O5. The summed E-state index contributed by atoms with van der Waals surface area (Å²) in [5.41, 5.74) is -0.781. The number of aliphatic hydroxyl groups excluding tert-OH is 2. The first-order valence-corrected chi connectivity index (χ1v) is 9.67. The van der Waals surface area contributed by atoms with E-state index < -0.39 is 17.8 Å². The third kappa shape index (κ3) is 15.1. The van der Waals surface area contributed by atoms with E-state index in [2.05, 4.69) is 11.7 Å². The predicted molar refractivity (Wildman–Crippen MR) is 109 cm³/mol. The van der Waals surface area contributed by atoms with E-state index >= 15 is 0 Å². The molecule has 0 bridgehead atoms. The average Bonchev–Trinajstić information content (AvgIpc) is 2.63. The van der Waals surface area contributed by atoms with Gasteiger partial charge in [-0.1, -0.05) is 74.8 Å². The molecule has 0 aromatic heterocycles. The Balaban J connectivity index is 4.12. The number of esters is 1. The maximum atomic E-state index is 11.0. The van der Waals surface area contributed by atoms with Gasteiger partial charge in [-0.25, -0.2) is 0 Å². The van der Waals surface area contributed by atoms with E-state index in [4.69, 9.17) is 0 Å². The van der Waals surface area contributed by atoms with Crippen LogP contribution in [0.1, 0.15) is 58.8 Å². The van der Waals surface area contributed by atoms with Gasteiger partial charge in [-0.3, -0.25) is 4.79 Å². The van der Waals surface area contributed by atoms with E-state index in [1.54, 1.807) is 24.3 Å². The fraction of sp³-hybridized carbons (Fsp3) is 0.591. The van der Waals surface area contributed by atoms with E-state index in [9.17, 15) is 20.1 Å². The SMILES string of the molecule is CCCCCC(C)(O)C=CC=CC=CC=C[C@@H](O)[C@@H](O)CCCC(=O)OC. The number of ether oxygens (including phenoxy) is 1. The first kappa shape index (κ1) is 25.3. The topological polar surface area (TPSA) is 87.0 Å². The van der Waals surface area contributed by atoms with Gasteiger partial charge < -0.3 is 20.1 Å². The number of carbonyl (C=O) groups is 1. The Morgan fingerprint density at radius 3 is 2.30 bits per heavy atom. The lowest BCUT2D eigenvalue weighted by molar-refractivity contribution is -0.140. The van der Waals surface area contributed by atoms with Crippen molar-refractivity contribution in [1.29, 1.82) is 0 Å². The zero-order chi connectivity index (χ0) is 20.5. The molecule has 0 spiro atoms. The monoisotopic (exact) mass is 380 g/mol. The Morgan fingerprint density at radius 2 is 1.67 bits per heavy atom. The van der Waals surface area contributed by atoms with Crippen LogP contribution in [0.5, 0.6) is 0 Å². The summed E-state index contributed by atoms with van der Waals surface area (Å²) in [5, 5.41) is 29.8. The standard InChI is InChI=1S/C22H36O5/c1-4-5-11-17-22(2,26)18-12-9-7-6-8-10-14-19(23)20(24)15-13-16-21(25)27-3/h6-10,12,14,18-20,23-24,26H,4-5,11,13,15-17H2,1-3H3/t19-,20+,22?/m1/s1. The molecule has 5 nitrogen and oxygen atoms in total. The van der Waals surface area contributed by atoms with Crippen molar-refractivity contribution >= 4 is 5.97 Å². The van der Waals surface area contributed by atoms with Crippen LogP contribution >= 0.6 is 0 Å². The number of hydrogen-bond donors (Lipinski definition) is 3. The highest BCUT2D eigenvalue weighted by Gasteiger charge is 2.14. The molecular weight excluding hydrogens is 344 g/mol. The smallest absolute Gasteiger partial charge is 0.305 e. The normalized spacial score (nSPS) is 17.1. The Bertz CT molecular complexity index is 503. The second-order valence-electron chi connectivity index (χ2n) is 6.85. The molecule has 5 heteroatoms. The summed E-state index contributed by atoms with van der Waals surface area (Å²) in [5.74, 6) is -0.321. The maximum absolute atomic E-state index is 11.0. The summed E-state index contributed by atoms with van der Waals surface area (Å²) >= 11 is 0. The van der Waals surface area contributed by atoms with Crippen LogP contribution in [0.4, 0.5) is 0 Å². The first-order chi connectivity index (χ1) is 12.8. The van der Waals surface area contributed by atoms with Crippen LogP contribution in [-0.2, 0) is 9.53 Å². The van der Waals surface area contributed by atoms with Gasteiger partial charge in [0.15, 0.2) is 0 Å². The summed E-state index contributed by atoms with van der Waals surface area (Å²) in [4.78, 5) is 11.0. The van der Waals surface area contributed by atoms with Crippen molar-refractivity contribution in [2.45, 2.75) is 76.6 Å². The second kappa shape index (κ2) is 15.4. The van der Waals surface area contributed by atoms with Crippen molar-refractivity contribution in [3.05, 3.63) is 48.6 Å². The van der Waals surface area contributed by atoms with Crippen molar-refractivity contribution in [2.24, 2.45) is 0 Å². The third-order valence-corrected chi connectivity index (χ3v) is 4.11. The molecule has 0 amide bonds. The predicted octanol–water partition coefficient (Wildman–Crippen LogP) is 3.61. The molecule has 0 radical (unpaired) electrons. The lowest BCUT2D eigenvalue weighted by Crippen LogP contribution is -2.23. The number of hydrogen-bond acceptors (Lipinski definition) is 5. The van der Waals surface area contributed by atoms with Crippen LogP contribution in [-0.4, -0.2) is 46.2 Å². The molecule has 0 aliphatic heterocycles. The Kier molecular flexibility index (Phi) is 14.4. The van der Waals surface area contributed by atoms with E-state index in [1.165, 1.54) is 13.2 Å². The third-order valence-electron chi connectivity index (χ3n) is 4.11. The molecule has 154 valence electrons.